The van der Waals surface area contributed by atoms with Crippen LogP contribution in [-0.2, 0) is 11.4 Å². The number of halogens is 2. The molecular formula is C32H34F2O5. The van der Waals surface area contributed by atoms with Crippen LogP contribution in [-0.4, -0.2) is 23.3 Å². The Morgan fingerprint density at radius 1 is 0.949 bits per heavy atom. The van der Waals surface area contributed by atoms with Gasteiger partial charge in [0.25, 0.3) is 0 Å². The molecule has 3 aromatic carbocycles. The van der Waals surface area contributed by atoms with Gasteiger partial charge in [-0.2, -0.15) is 0 Å². The number of aliphatic hydroxyl groups is 1. The highest BCUT2D eigenvalue weighted by atomic mass is 19.1. The van der Waals surface area contributed by atoms with E-state index in [1.165, 1.54) is 19.2 Å². The fraction of sp³-hybridized carbons (Fsp3) is 0.406. The zero-order chi connectivity index (χ0) is 27.9. The molecule has 5 rings (SSSR count). The molecule has 2 N–H and O–H groups in total. The largest absolute Gasteiger partial charge is 0.497 e. The molecule has 3 aromatic rings. The molecule has 0 aromatic heterocycles. The molecular weight excluding hydrogens is 502 g/mol. The number of carboxylic acid groups (broad SMARTS) is 1. The van der Waals surface area contributed by atoms with Crippen molar-refractivity contribution in [1.82, 2.24) is 0 Å². The van der Waals surface area contributed by atoms with Crippen molar-refractivity contribution in [3.8, 4) is 22.6 Å². The van der Waals surface area contributed by atoms with Crippen LogP contribution in [0.2, 0.25) is 0 Å². The zero-order valence-corrected chi connectivity index (χ0v) is 22.5. The molecule has 2 atom stereocenters. The first kappa shape index (κ1) is 27.1. The van der Waals surface area contributed by atoms with E-state index in [2.05, 4.69) is 0 Å². The van der Waals surface area contributed by atoms with Gasteiger partial charge in [-0.05, 0) is 89.1 Å². The van der Waals surface area contributed by atoms with E-state index in [1.54, 1.807) is 42.5 Å². The summed E-state index contributed by atoms with van der Waals surface area (Å²) < 4.78 is 41.7. The van der Waals surface area contributed by atoms with Crippen molar-refractivity contribution in [3.05, 3.63) is 82.9 Å². The molecule has 0 spiro atoms. The molecule has 5 nitrogen and oxygen atoms in total. The average Bonchev–Trinajstić information content (AvgIpc) is 3.85. The van der Waals surface area contributed by atoms with E-state index in [-0.39, 0.29) is 29.6 Å². The van der Waals surface area contributed by atoms with Crippen LogP contribution in [0.4, 0.5) is 8.78 Å². The number of hydrogen-bond donors (Lipinski definition) is 2. The van der Waals surface area contributed by atoms with Gasteiger partial charge in [-0.25, -0.2) is 8.78 Å². The van der Waals surface area contributed by atoms with Crippen molar-refractivity contribution in [2.24, 2.45) is 10.8 Å². The number of benzene rings is 3. The van der Waals surface area contributed by atoms with Gasteiger partial charge in [0.2, 0.25) is 0 Å². The van der Waals surface area contributed by atoms with Crippen LogP contribution in [0.25, 0.3) is 11.1 Å². The minimum absolute atomic E-state index is 0.0263. The zero-order valence-electron chi connectivity index (χ0n) is 22.5. The van der Waals surface area contributed by atoms with E-state index in [1.807, 2.05) is 13.8 Å². The fourth-order valence-corrected chi connectivity index (χ4v) is 5.38. The van der Waals surface area contributed by atoms with Crippen molar-refractivity contribution in [2.75, 3.05) is 7.11 Å². The lowest BCUT2D eigenvalue weighted by Crippen LogP contribution is -2.17. The predicted molar refractivity (Wildman–Crippen MR) is 144 cm³/mol. The molecule has 0 amide bonds. The molecule has 2 aliphatic carbocycles. The molecule has 0 heterocycles. The number of hydrogen-bond acceptors (Lipinski definition) is 4. The third-order valence-corrected chi connectivity index (χ3v) is 8.59. The summed E-state index contributed by atoms with van der Waals surface area (Å²) in [7, 11) is 1.52. The number of methoxy groups -OCH3 is 1. The van der Waals surface area contributed by atoms with E-state index >= 15 is 4.39 Å². The number of carbonyl (C=O) groups is 1. The second kappa shape index (κ2) is 10.3. The summed E-state index contributed by atoms with van der Waals surface area (Å²) in [5, 5.41) is 20.7. The van der Waals surface area contributed by atoms with Gasteiger partial charge in [0.05, 0.1) is 19.6 Å². The minimum atomic E-state index is -0.957. The van der Waals surface area contributed by atoms with Crippen LogP contribution in [0.1, 0.15) is 74.7 Å². The van der Waals surface area contributed by atoms with Gasteiger partial charge in [0.1, 0.15) is 18.2 Å². The summed E-state index contributed by atoms with van der Waals surface area (Å²) >= 11 is 0. The van der Waals surface area contributed by atoms with E-state index < -0.39 is 29.6 Å². The summed E-state index contributed by atoms with van der Waals surface area (Å²) in [6, 6.07) is 14.7. The molecule has 0 radical (unpaired) electrons. The van der Waals surface area contributed by atoms with E-state index in [0.29, 0.717) is 33.6 Å². The molecule has 2 fully saturated rings. The second-order valence-electron chi connectivity index (χ2n) is 11.6. The first-order valence-electron chi connectivity index (χ1n) is 13.3. The van der Waals surface area contributed by atoms with Gasteiger partial charge in [0.15, 0.2) is 11.6 Å². The third-order valence-electron chi connectivity index (χ3n) is 8.59. The minimum Gasteiger partial charge on any atom is -0.497 e. The van der Waals surface area contributed by atoms with Gasteiger partial charge in [-0.3, -0.25) is 4.79 Å². The first-order chi connectivity index (χ1) is 18.5. The summed E-state index contributed by atoms with van der Waals surface area (Å²) in [6.45, 7) is 4.02. The van der Waals surface area contributed by atoms with Gasteiger partial charge in [0, 0.05) is 11.5 Å². The Labute approximate surface area is 227 Å². The highest BCUT2D eigenvalue weighted by molar-refractivity contribution is 5.71. The highest BCUT2D eigenvalue weighted by Gasteiger charge is 2.47. The Kier molecular flexibility index (Phi) is 7.14. The molecule has 0 bridgehead atoms. The van der Waals surface area contributed by atoms with Crippen molar-refractivity contribution in [2.45, 2.75) is 64.6 Å². The summed E-state index contributed by atoms with van der Waals surface area (Å²) in [4.78, 5) is 11.5. The van der Waals surface area contributed by atoms with E-state index in [4.69, 9.17) is 9.47 Å². The molecule has 7 heteroatoms. The topological polar surface area (TPSA) is 76.0 Å². The van der Waals surface area contributed by atoms with E-state index in [9.17, 15) is 19.4 Å². The molecule has 0 saturated heterocycles. The Morgan fingerprint density at radius 3 is 2.31 bits per heavy atom. The second-order valence-corrected chi connectivity index (χ2v) is 11.6. The fourth-order valence-electron chi connectivity index (χ4n) is 5.38. The van der Waals surface area contributed by atoms with Gasteiger partial charge < -0.3 is 19.7 Å². The number of aliphatic hydroxyl groups excluding tert-OH is 1. The molecule has 0 aliphatic heterocycles. The maximum Gasteiger partial charge on any atom is 0.303 e. The maximum absolute atomic E-state index is 15.6. The molecule has 2 saturated carbocycles. The Hall–Kier alpha value is -3.45. The highest BCUT2D eigenvalue weighted by Crippen LogP contribution is 2.58. The SMILES string of the molecule is COc1ccc(F)c(-c2ccc(COc3cccc([C@@H](CC(=O)O)C4(C)CC4)c3F)cc2[C@H](O)C2(C)CC2)c1. The predicted octanol–water partition coefficient (Wildman–Crippen LogP) is 7.41. The Bertz CT molecular complexity index is 1390. The van der Waals surface area contributed by atoms with Crippen LogP contribution in [0.15, 0.2) is 54.6 Å². The smallest absolute Gasteiger partial charge is 0.303 e. The number of rotatable bonds is 11. The monoisotopic (exact) mass is 536 g/mol. The average molecular weight is 537 g/mol. The first-order valence-corrected chi connectivity index (χ1v) is 13.3. The lowest BCUT2D eigenvalue weighted by Gasteiger charge is -2.24. The van der Waals surface area contributed by atoms with Gasteiger partial charge >= 0.3 is 5.97 Å². The van der Waals surface area contributed by atoms with Crippen LogP contribution < -0.4 is 9.47 Å². The van der Waals surface area contributed by atoms with Crippen LogP contribution in [0, 0.1) is 22.5 Å². The number of carboxylic acids is 1. The van der Waals surface area contributed by atoms with E-state index in [0.717, 1.165) is 25.7 Å². The molecule has 206 valence electrons. The van der Waals surface area contributed by atoms with Crippen LogP contribution in [0.5, 0.6) is 11.5 Å². The van der Waals surface area contributed by atoms with Gasteiger partial charge in [-0.15, -0.1) is 0 Å². The lowest BCUT2D eigenvalue weighted by atomic mass is 9.81. The molecule has 39 heavy (non-hydrogen) atoms. The van der Waals surface area contributed by atoms with Crippen molar-refractivity contribution >= 4 is 5.97 Å². The standard InChI is InChI=1S/C32H34F2O5/c1-31(11-12-31)25(17-28(35)36)22-5-4-6-27(29(22)34)39-18-19-7-9-21(23-16-20(38-3)8-10-26(23)33)24(15-19)30(37)32(2)13-14-32/h4-10,15-16,25,30,37H,11-14,17-18H2,1-3H3,(H,35,36)/t25-,30+/m1/s1. The number of aliphatic carboxylic acids is 1. The van der Waals surface area contributed by atoms with Crippen molar-refractivity contribution in [1.29, 1.82) is 0 Å². The summed E-state index contributed by atoms with van der Waals surface area (Å²) in [5.41, 5.74) is 2.02. The lowest BCUT2D eigenvalue weighted by molar-refractivity contribution is -0.137. The summed E-state index contributed by atoms with van der Waals surface area (Å²) in [5.74, 6) is -1.80. The quantitative estimate of drug-likeness (QED) is 0.267. The van der Waals surface area contributed by atoms with Crippen molar-refractivity contribution in [3.63, 3.8) is 0 Å². The molecule has 0 unspecified atom stereocenters. The van der Waals surface area contributed by atoms with Crippen molar-refractivity contribution < 1.29 is 33.3 Å². The maximum atomic E-state index is 15.6. The Balaban J connectivity index is 1.44. The van der Waals surface area contributed by atoms with Crippen LogP contribution >= 0.6 is 0 Å². The Morgan fingerprint density at radius 2 is 1.67 bits per heavy atom. The molecule has 2 aliphatic rings. The normalized spacial score (nSPS) is 18.2. The number of ether oxygens (including phenoxy) is 2. The third kappa shape index (κ3) is 5.50. The van der Waals surface area contributed by atoms with Crippen LogP contribution in [0.3, 0.4) is 0 Å². The summed E-state index contributed by atoms with van der Waals surface area (Å²) in [6.07, 6.45) is 2.50. The van der Waals surface area contributed by atoms with Gasteiger partial charge in [-0.1, -0.05) is 38.1 Å².